The fraction of sp³-hybridized carbons (Fsp3) is 0.444. The van der Waals surface area contributed by atoms with Gasteiger partial charge in [-0.25, -0.2) is 0 Å². The zero-order chi connectivity index (χ0) is 16.0. The monoisotopic (exact) mass is 330 g/mol. The Balaban J connectivity index is 1.83. The van der Waals surface area contributed by atoms with Gasteiger partial charge in [0.15, 0.2) is 0 Å². The first-order valence-corrected chi connectivity index (χ1v) is 8.57. The molecule has 1 saturated heterocycles. The third kappa shape index (κ3) is 2.70. The van der Waals surface area contributed by atoms with Crippen LogP contribution in [0.4, 0.5) is 0 Å². The van der Waals surface area contributed by atoms with E-state index in [0.29, 0.717) is 23.0 Å². The van der Waals surface area contributed by atoms with Crippen molar-refractivity contribution in [1.82, 2.24) is 9.88 Å². The van der Waals surface area contributed by atoms with Crippen LogP contribution in [-0.2, 0) is 0 Å². The molecule has 1 aliphatic carbocycles. The van der Waals surface area contributed by atoms with Crippen molar-refractivity contribution in [1.29, 1.82) is 0 Å². The lowest BCUT2D eigenvalue weighted by Gasteiger charge is -2.24. The molecular weight excluding hydrogens is 312 g/mol. The van der Waals surface area contributed by atoms with E-state index < -0.39 is 0 Å². The molecule has 23 heavy (non-hydrogen) atoms. The highest BCUT2D eigenvalue weighted by Gasteiger charge is 2.32. The molecule has 1 amide bonds. The predicted octanol–water partition coefficient (Wildman–Crippen LogP) is 3.36. The number of hydrogen-bond acceptors (Lipinski definition) is 3. The number of carbonyl (C=O) groups excluding carboxylic acids is 1. The summed E-state index contributed by atoms with van der Waals surface area (Å²) in [6.45, 7) is 0.720. The van der Waals surface area contributed by atoms with Crippen LogP contribution in [0.5, 0.6) is 0 Å². The SMILES string of the molecule is O=C(c1cc(C2CC2)nc2ccc(Cl)cc12)N1CCC[C@@H]1CO. The Bertz CT molecular complexity index is 773. The summed E-state index contributed by atoms with van der Waals surface area (Å²) in [5, 5.41) is 10.9. The van der Waals surface area contributed by atoms with E-state index in [-0.39, 0.29) is 18.6 Å². The highest BCUT2D eigenvalue weighted by molar-refractivity contribution is 6.31. The van der Waals surface area contributed by atoms with E-state index >= 15 is 0 Å². The van der Waals surface area contributed by atoms with Crippen molar-refractivity contribution < 1.29 is 9.90 Å². The summed E-state index contributed by atoms with van der Waals surface area (Å²) in [6, 6.07) is 7.37. The molecule has 1 aromatic carbocycles. The number of aliphatic hydroxyl groups is 1. The molecule has 2 fully saturated rings. The molecule has 2 aliphatic rings. The summed E-state index contributed by atoms with van der Waals surface area (Å²) >= 11 is 6.13. The first-order valence-electron chi connectivity index (χ1n) is 8.19. The predicted molar refractivity (Wildman–Crippen MR) is 89.9 cm³/mol. The standard InChI is InChI=1S/C18H19ClN2O2/c19-12-5-6-16-14(8-12)15(9-17(20-16)11-3-4-11)18(23)21-7-1-2-13(21)10-22/h5-6,8-9,11,13,22H,1-4,7,10H2/t13-/m1/s1. The van der Waals surface area contributed by atoms with Crippen molar-refractivity contribution in [3.63, 3.8) is 0 Å². The minimum absolute atomic E-state index is 0.0156. The van der Waals surface area contributed by atoms with Gasteiger partial charge in [0, 0.05) is 28.6 Å². The first-order chi connectivity index (χ1) is 11.2. The van der Waals surface area contributed by atoms with E-state index in [0.717, 1.165) is 42.3 Å². The lowest BCUT2D eigenvalue weighted by molar-refractivity contribution is 0.0679. The van der Waals surface area contributed by atoms with Gasteiger partial charge in [-0.1, -0.05) is 11.6 Å². The number of benzene rings is 1. The molecule has 0 spiro atoms. The van der Waals surface area contributed by atoms with Crippen molar-refractivity contribution in [2.75, 3.05) is 13.2 Å². The van der Waals surface area contributed by atoms with Crippen LogP contribution in [0.15, 0.2) is 24.3 Å². The zero-order valence-corrected chi connectivity index (χ0v) is 13.6. The van der Waals surface area contributed by atoms with Gasteiger partial charge in [-0.3, -0.25) is 9.78 Å². The highest BCUT2D eigenvalue weighted by Crippen LogP contribution is 2.40. The number of amides is 1. The molecule has 1 N–H and O–H groups in total. The molecule has 1 saturated carbocycles. The Morgan fingerprint density at radius 2 is 2.13 bits per heavy atom. The van der Waals surface area contributed by atoms with Crippen LogP contribution in [0.25, 0.3) is 10.9 Å². The van der Waals surface area contributed by atoms with Gasteiger partial charge < -0.3 is 10.0 Å². The number of halogens is 1. The van der Waals surface area contributed by atoms with E-state index in [1.807, 2.05) is 24.3 Å². The van der Waals surface area contributed by atoms with Gasteiger partial charge in [0.05, 0.1) is 23.7 Å². The number of pyridine rings is 1. The summed E-state index contributed by atoms with van der Waals surface area (Å²) in [6.07, 6.45) is 4.09. The summed E-state index contributed by atoms with van der Waals surface area (Å²) < 4.78 is 0. The molecule has 2 heterocycles. The topological polar surface area (TPSA) is 53.4 Å². The number of carbonyl (C=O) groups is 1. The maximum Gasteiger partial charge on any atom is 0.254 e. The van der Waals surface area contributed by atoms with Crippen molar-refractivity contribution in [3.8, 4) is 0 Å². The summed E-state index contributed by atoms with van der Waals surface area (Å²) in [7, 11) is 0. The Kier molecular flexibility index (Phi) is 3.74. The normalized spacial score (nSPS) is 21.1. The lowest BCUT2D eigenvalue weighted by atomic mass is 10.0. The van der Waals surface area contributed by atoms with E-state index in [1.54, 1.807) is 4.90 Å². The highest BCUT2D eigenvalue weighted by atomic mass is 35.5. The molecule has 1 aliphatic heterocycles. The molecule has 4 rings (SSSR count). The summed E-state index contributed by atoms with van der Waals surface area (Å²) in [5.41, 5.74) is 2.49. The maximum absolute atomic E-state index is 13.1. The van der Waals surface area contributed by atoms with Crippen LogP contribution in [0.3, 0.4) is 0 Å². The van der Waals surface area contributed by atoms with E-state index in [4.69, 9.17) is 16.6 Å². The Morgan fingerprint density at radius 3 is 2.87 bits per heavy atom. The largest absolute Gasteiger partial charge is 0.394 e. The van der Waals surface area contributed by atoms with E-state index in [2.05, 4.69) is 0 Å². The van der Waals surface area contributed by atoms with Crippen LogP contribution in [0, 0.1) is 0 Å². The van der Waals surface area contributed by atoms with Crippen LogP contribution in [-0.4, -0.2) is 40.1 Å². The second kappa shape index (κ2) is 5.77. The quantitative estimate of drug-likeness (QED) is 0.938. The number of likely N-dealkylation sites (tertiary alicyclic amines) is 1. The smallest absolute Gasteiger partial charge is 0.254 e. The molecule has 4 nitrogen and oxygen atoms in total. The van der Waals surface area contributed by atoms with Gasteiger partial charge in [0.25, 0.3) is 5.91 Å². The molecular formula is C18H19ClN2O2. The van der Waals surface area contributed by atoms with Crippen LogP contribution < -0.4 is 0 Å². The van der Waals surface area contributed by atoms with Crippen molar-refractivity contribution >= 4 is 28.4 Å². The number of hydrogen-bond donors (Lipinski definition) is 1. The molecule has 1 atom stereocenters. The molecule has 1 aromatic heterocycles. The summed E-state index contributed by atoms with van der Waals surface area (Å²) in [4.78, 5) is 19.6. The Hall–Kier alpha value is -1.65. The first kappa shape index (κ1) is 14.9. The van der Waals surface area contributed by atoms with Crippen molar-refractivity contribution in [3.05, 3.63) is 40.5 Å². The average molecular weight is 331 g/mol. The fourth-order valence-electron chi connectivity index (χ4n) is 3.43. The van der Waals surface area contributed by atoms with Crippen LogP contribution in [0.1, 0.15) is 47.7 Å². The minimum atomic E-state index is -0.0747. The Labute approximate surface area is 140 Å². The van der Waals surface area contributed by atoms with Gasteiger partial charge in [-0.2, -0.15) is 0 Å². The van der Waals surface area contributed by atoms with Gasteiger partial charge >= 0.3 is 0 Å². The molecule has 5 heteroatoms. The second-order valence-corrected chi connectivity index (χ2v) is 6.94. The molecule has 120 valence electrons. The van der Waals surface area contributed by atoms with E-state index in [1.165, 1.54) is 0 Å². The van der Waals surface area contributed by atoms with Gasteiger partial charge in [0.1, 0.15) is 0 Å². The molecule has 0 bridgehead atoms. The zero-order valence-electron chi connectivity index (χ0n) is 12.8. The number of aliphatic hydroxyl groups excluding tert-OH is 1. The molecule has 2 aromatic rings. The third-order valence-electron chi connectivity index (χ3n) is 4.87. The Morgan fingerprint density at radius 1 is 1.30 bits per heavy atom. The number of rotatable bonds is 3. The van der Waals surface area contributed by atoms with Crippen LogP contribution >= 0.6 is 11.6 Å². The molecule has 0 unspecified atom stereocenters. The average Bonchev–Trinajstić information content (AvgIpc) is 3.30. The third-order valence-corrected chi connectivity index (χ3v) is 5.10. The van der Waals surface area contributed by atoms with Crippen molar-refractivity contribution in [2.45, 2.75) is 37.6 Å². The number of aromatic nitrogens is 1. The lowest BCUT2D eigenvalue weighted by Crippen LogP contribution is -2.37. The minimum Gasteiger partial charge on any atom is -0.394 e. The van der Waals surface area contributed by atoms with Gasteiger partial charge in [-0.15, -0.1) is 0 Å². The number of fused-ring (bicyclic) bond motifs is 1. The molecule has 0 radical (unpaired) electrons. The maximum atomic E-state index is 13.1. The van der Waals surface area contributed by atoms with Crippen molar-refractivity contribution in [2.24, 2.45) is 0 Å². The van der Waals surface area contributed by atoms with Gasteiger partial charge in [0.2, 0.25) is 0 Å². The number of nitrogens with zero attached hydrogens (tertiary/aromatic N) is 2. The van der Waals surface area contributed by atoms with Gasteiger partial charge in [-0.05, 0) is 49.9 Å². The van der Waals surface area contributed by atoms with E-state index in [9.17, 15) is 9.90 Å². The summed E-state index contributed by atoms with van der Waals surface area (Å²) in [5.74, 6) is 0.465. The second-order valence-electron chi connectivity index (χ2n) is 6.51. The fourth-order valence-corrected chi connectivity index (χ4v) is 3.60. The van der Waals surface area contributed by atoms with Crippen LogP contribution in [0.2, 0.25) is 5.02 Å².